The molecule has 1 atom stereocenters. The van der Waals surface area contributed by atoms with Gasteiger partial charge in [0.05, 0.1) is 0 Å². The molecule has 1 unspecified atom stereocenters. The van der Waals surface area contributed by atoms with Crippen molar-refractivity contribution in [1.82, 2.24) is 9.88 Å². The van der Waals surface area contributed by atoms with E-state index in [0.29, 0.717) is 6.04 Å². The maximum Gasteiger partial charge on any atom is 0.0372 e. The van der Waals surface area contributed by atoms with Gasteiger partial charge >= 0.3 is 0 Å². The molecule has 0 spiro atoms. The van der Waals surface area contributed by atoms with E-state index in [0.717, 1.165) is 24.7 Å². The fourth-order valence-electron chi connectivity index (χ4n) is 2.21. The van der Waals surface area contributed by atoms with E-state index >= 15 is 0 Å². The minimum absolute atomic E-state index is 0.543. The summed E-state index contributed by atoms with van der Waals surface area (Å²) in [5, 5.41) is 0. The smallest absolute Gasteiger partial charge is 0.0372 e. The molecule has 1 aromatic rings. The Kier molecular flexibility index (Phi) is 3.56. The summed E-state index contributed by atoms with van der Waals surface area (Å²) < 4.78 is 0. The summed E-state index contributed by atoms with van der Waals surface area (Å²) in [6, 6.07) is 4.76. The highest BCUT2D eigenvalue weighted by Crippen LogP contribution is 2.34. The zero-order valence-corrected chi connectivity index (χ0v) is 10.2. The lowest BCUT2D eigenvalue weighted by Crippen LogP contribution is -2.39. The lowest BCUT2D eigenvalue weighted by atomic mass is 10.1. The summed E-state index contributed by atoms with van der Waals surface area (Å²) in [5.41, 5.74) is 8.18. The van der Waals surface area contributed by atoms with Crippen LogP contribution in [0.4, 0.5) is 0 Å². The molecule has 1 aromatic heterocycles. The number of rotatable bonds is 5. The molecule has 16 heavy (non-hydrogen) atoms. The minimum Gasteiger partial charge on any atom is -0.329 e. The molecule has 0 bridgehead atoms. The van der Waals surface area contributed by atoms with Gasteiger partial charge in [0, 0.05) is 31.0 Å². The van der Waals surface area contributed by atoms with Crippen LogP contribution < -0.4 is 5.73 Å². The molecule has 1 aliphatic rings. The Balaban J connectivity index is 1.94. The molecule has 0 radical (unpaired) electrons. The Morgan fingerprint density at radius 3 is 2.75 bits per heavy atom. The van der Waals surface area contributed by atoms with Crippen LogP contribution in [0, 0.1) is 12.8 Å². The average molecular weight is 219 g/mol. The van der Waals surface area contributed by atoms with E-state index in [1.165, 1.54) is 18.4 Å². The van der Waals surface area contributed by atoms with Crippen LogP contribution in [0.3, 0.4) is 0 Å². The third-order valence-electron chi connectivity index (χ3n) is 3.38. The van der Waals surface area contributed by atoms with Gasteiger partial charge in [-0.25, -0.2) is 0 Å². The third kappa shape index (κ3) is 2.80. The molecule has 0 aromatic carbocycles. The monoisotopic (exact) mass is 219 g/mol. The molecule has 3 heteroatoms. The lowest BCUT2D eigenvalue weighted by Gasteiger charge is -2.26. The zero-order valence-electron chi connectivity index (χ0n) is 10.2. The van der Waals surface area contributed by atoms with Crippen LogP contribution in [0.5, 0.6) is 0 Å². The fourth-order valence-corrected chi connectivity index (χ4v) is 2.21. The Morgan fingerprint density at radius 1 is 1.50 bits per heavy atom. The molecule has 1 fully saturated rings. The molecule has 0 amide bonds. The van der Waals surface area contributed by atoms with Gasteiger partial charge in [-0.2, -0.15) is 0 Å². The van der Waals surface area contributed by atoms with Gasteiger partial charge in [-0.15, -0.1) is 0 Å². The van der Waals surface area contributed by atoms with Gasteiger partial charge in [0.25, 0.3) is 0 Å². The van der Waals surface area contributed by atoms with Crippen molar-refractivity contribution >= 4 is 0 Å². The third-order valence-corrected chi connectivity index (χ3v) is 3.38. The standard InChI is InChI=1S/C13H21N3/c1-10-3-4-11(8-15-10)9-16(2)13(7-14)12-5-6-12/h3-4,8,12-13H,5-7,9,14H2,1-2H3. The van der Waals surface area contributed by atoms with Crippen molar-refractivity contribution in [2.75, 3.05) is 13.6 Å². The van der Waals surface area contributed by atoms with Crippen molar-refractivity contribution in [3.8, 4) is 0 Å². The summed E-state index contributed by atoms with van der Waals surface area (Å²) in [6.07, 6.45) is 4.66. The number of aromatic nitrogens is 1. The summed E-state index contributed by atoms with van der Waals surface area (Å²) in [6.45, 7) is 3.73. The van der Waals surface area contributed by atoms with Crippen LogP contribution >= 0.6 is 0 Å². The summed E-state index contributed by atoms with van der Waals surface area (Å²) >= 11 is 0. The van der Waals surface area contributed by atoms with Crippen molar-refractivity contribution in [2.45, 2.75) is 32.4 Å². The Morgan fingerprint density at radius 2 is 2.25 bits per heavy atom. The Labute approximate surface area is 97.7 Å². The second-order valence-corrected chi connectivity index (χ2v) is 4.86. The molecule has 0 saturated heterocycles. The van der Waals surface area contributed by atoms with Gasteiger partial charge in [-0.05, 0) is 44.4 Å². The first-order valence-corrected chi connectivity index (χ1v) is 6.02. The molecule has 2 N–H and O–H groups in total. The first-order valence-electron chi connectivity index (χ1n) is 6.02. The Hall–Kier alpha value is -0.930. The molecule has 88 valence electrons. The van der Waals surface area contributed by atoms with Crippen molar-refractivity contribution in [3.05, 3.63) is 29.6 Å². The minimum atomic E-state index is 0.543. The van der Waals surface area contributed by atoms with E-state index in [1.807, 2.05) is 13.1 Å². The van der Waals surface area contributed by atoms with E-state index in [9.17, 15) is 0 Å². The molecule has 1 aliphatic carbocycles. The second kappa shape index (κ2) is 4.93. The van der Waals surface area contributed by atoms with E-state index in [4.69, 9.17) is 5.73 Å². The van der Waals surface area contributed by atoms with E-state index in [2.05, 4.69) is 29.1 Å². The van der Waals surface area contributed by atoms with Gasteiger partial charge in [0.2, 0.25) is 0 Å². The van der Waals surface area contributed by atoms with Crippen molar-refractivity contribution in [1.29, 1.82) is 0 Å². The fraction of sp³-hybridized carbons (Fsp3) is 0.615. The predicted octanol–water partition coefficient (Wildman–Crippen LogP) is 1.56. The highest BCUT2D eigenvalue weighted by Gasteiger charge is 2.32. The first-order chi connectivity index (χ1) is 7.70. The van der Waals surface area contributed by atoms with Gasteiger partial charge in [0.15, 0.2) is 0 Å². The number of hydrogen-bond donors (Lipinski definition) is 1. The number of hydrogen-bond acceptors (Lipinski definition) is 3. The molecular weight excluding hydrogens is 198 g/mol. The molecule has 2 rings (SSSR count). The molecular formula is C13H21N3. The molecule has 3 nitrogen and oxygen atoms in total. The van der Waals surface area contributed by atoms with Gasteiger partial charge in [-0.1, -0.05) is 6.07 Å². The van der Waals surface area contributed by atoms with Gasteiger partial charge in [0.1, 0.15) is 0 Å². The number of aryl methyl sites for hydroxylation is 1. The largest absolute Gasteiger partial charge is 0.329 e. The van der Waals surface area contributed by atoms with Crippen LogP contribution in [0.2, 0.25) is 0 Å². The Bertz CT molecular complexity index is 330. The highest BCUT2D eigenvalue weighted by atomic mass is 15.1. The number of nitrogens with zero attached hydrogens (tertiary/aromatic N) is 2. The highest BCUT2D eigenvalue weighted by molar-refractivity contribution is 5.13. The second-order valence-electron chi connectivity index (χ2n) is 4.86. The summed E-state index contributed by atoms with van der Waals surface area (Å²) in [7, 11) is 2.16. The van der Waals surface area contributed by atoms with Crippen LogP contribution in [0.1, 0.15) is 24.1 Å². The van der Waals surface area contributed by atoms with Crippen molar-refractivity contribution in [3.63, 3.8) is 0 Å². The topological polar surface area (TPSA) is 42.1 Å². The maximum absolute atomic E-state index is 5.84. The van der Waals surface area contributed by atoms with Crippen LogP contribution in [-0.2, 0) is 6.54 Å². The number of likely N-dealkylation sites (N-methyl/N-ethyl adjacent to an activating group) is 1. The van der Waals surface area contributed by atoms with Crippen LogP contribution in [0.15, 0.2) is 18.3 Å². The summed E-state index contributed by atoms with van der Waals surface area (Å²) in [4.78, 5) is 6.68. The van der Waals surface area contributed by atoms with Gasteiger partial charge in [-0.3, -0.25) is 9.88 Å². The molecule has 1 saturated carbocycles. The number of nitrogens with two attached hydrogens (primary N) is 1. The zero-order chi connectivity index (χ0) is 11.5. The van der Waals surface area contributed by atoms with E-state index in [-0.39, 0.29) is 0 Å². The normalized spacial score (nSPS) is 17.8. The SMILES string of the molecule is Cc1ccc(CN(C)C(CN)C2CC2)cn1. The predicted molar refractivity (Wildman–Crippen MR) is 66.0 cm³/mol. The maximum atomic E-state index is 5.84. The van der Waals surface area contributed by atoms with Crippen LogP contribution in [-0.4, -0.2) is 29.5 Å². The quantitative estimate of drug-likeness (QED) is 0.817. The number of pyridine rings is 1. The van der Waals surface area contributed by atoms with Gasteiger partial charge < -0.3 is 5.73 Å². The lowest BCUT2D eigenvalue weighted by molar-refractivity contribution is 0.215. The summed E-state index contributed by atoms with van der Waals surface area (Å²) in [5.74, 6) is 0.827. The average Bonchev–Trinajstić information content (AvgIpc) is 3.07. The van der Waals surface area contributed by atoms with E-state index in [1.54, 1.807) is 0 Å². The van der Waals surface area contributed by atoms with Crippen molar-refractivity contribution < 1.29 is 0 Å². The van der Waals surface area contributed by atoms with E-state index < -0.39 is 0 Å². The van der Waals surface area contributed by atoms with Crippen LogP contribution in [0.25, 0.3) is 0 Å². The molecule has 1 heterocycles. The van der Waals surface area contributed by atoms with Crippen molar-refractivity contribution in [2.24, 2.45) is 11.7 Å². The first kappa shape index (κ1) is 11.6. The molecule has 0 aliphatic heterocycles.